The molecule has 0 aliphatic rings. The van der Waals surface area contributed by atoms with E-state index in [0.717, 1.165) is 0 Å². The molecule has 80 valence electrons. The van der Waals surface area contributed by atoms with Crippen LogP contribution in [-0.4, -0.2) is 5.11 Å². The minimum absolute atomic E-state index is 0.148. The summed E-state index contributed by atoms with van der Waals surface area (Å²) in [4.78, 5) is 0. The van der Waals surface area contributed by atoms with Crippen molar-refractivity contribution >= 4 is 0 Å². The highest BCUT2D eigenvalue weighted by Crippen LogP contribution is 2.14. The van der Waals surface area contributed by atoms with Crippen LogP contribution in [0.4, 0.5) is 0 Å². The maximum atomic E-state index is 9.55. The van der Waals surface area contributed by atoms with E-state index in [-0.39, 0.29) is 5.75 Å². The molecule has 0 unspecified atom stereocenters. The standard InChI is InChI=1S/C15H9NO/c16-11-14-7-2-1-5-12(14)9-10-13-6-3-4-8-15(13)17/h1-8,17H. The summed E-state index contributed by atoms with van der Waals surface area (Å²) in [6.07, 6.45) is 0. The summed E-state index contributed by atoms with van der Waals surface area (Å²) in [5.74, 6) is 5.89. The summed E-state index contributed by atoms with van der Waals surface area (Å²) in [6, 6.07) is 16.1. The summed E-state index contributed by atoms with van der Waals surface area (Å²) in [7, 11) is 0. The second-order valence-corrected chi connectivity index (χ2v) is 3.42. The van der Waals surface area contributed by atoms with E-state index in [9.17, 15) is 5.11 Å². The van der Waals surface area contributed by atoms with E-state index < -0.39 is 0 Å². The van der Waals surface area contributed by atoms with Crippen molar-refractivity contribution in [3.8, 4) is 23.7 Å². The first-order valence-corrected chi connectivity index (χ1v) is 5.10. The van der Waals surface area contributed by atoms with Crippen molar-refractivity contribution in [1.29, 1.82) is 5.26 Å². The minimum atomic E-state index is 0.148. The lowest BCUT2D eigenvalue weighted by Gasteiger charge is -1.95. The van der Waals surface area contributed by atoms with Gasteiger partial charge in [-0.15, -0.1) is 0 Å². The van der Waals surface area contributed by atoms with Gasteiger partial charge in [-0.1, -0.05) is 36.1 Å². The lowest BCUT2D eigenvalue weighted by molar-refractivity contribution is 0.473. The molecule has 2 rings (SSSR count). The number of hydrogen-bond donors (Lipinski definition) is 1. The van der Waals surface area contributed by atoms with Gasteiger partial charge in [0.05, 0.1) is 11.1 Å². The van der Waals surface area contributed by atoms with Gasteiger partial charge in [0.25, 0.3) is 0 Å². The van der Waals surface area contributed by atoms with Crippen LogP contribution in [0.3, 0.4) is 0 Å². The molecule has 0 saturated carbocycles. The molecule has 0 amide bonds. The zero-order chi connectivity index (χ0) is 12.1. The Morgan fingerprint density at radius 1 is 0.765 bits per heavy atom. The molecule has 0 saturated heterocycles. The van der Waals surface area contributed by atoms with Crippen LogP contribution < -0.4 is 0 Å². The first kappa shape index (κ1) is 10.8. The van der Waals surface area contributed by atoms with Gasteiger partial charge in [0, 0.05) is 5.56 Å². The topological polar surface area (TPSA) is 44.0 Å². The Hall–Kier alpha value is -2.71. The van der Waals surface area contributed by atoms with E-state index in [1.54, 1.807) is 42.5 Å². The maximum absolute atomic E-state index is 9.55. The van der Waals surface area contributed by atoms with Gasteiger partial charge < -0.3 is 5.11 Å². The second-order valence-electron chi connectivity index (χ2n) is 3.42. The Morgan fingerprint density at radius 2 is 1.29 bits per heavy atom. The third-order valence-corrected chi connectivity index (χ3v) is 2.28. The van der Waals surface area contributed by atoms with Crippen LogP contribution in [-0.2, 0) is 0 Å². The molecule has 1 N–H and O–H groups in total. The van der Waals surface area contributed by atoms with Crippen LogP contribution in [0.15, 0.2) is 48.5 Å². The number of para-hydroxylation sites is 1. The quantitative estimate of drug-likeness (QED) is 0.692. The molecule has 2 aromatic rings. The van der Waals surface area contributed by atoms with Crippen molar-refractivity contribution in [2.45, 2.75) is 0 Å². The molecule has 0 aromatic heterocycles. The fourth-order valence-corrected chi connectivity index (χ4v) is 1.40. The molecular weight excluding hydrogens is 210 g/mol. The SMILES string of the molecule is N#Cc1ccccc1C#Cc1ccccc1O. The summed E-state index contributed by atoms with van der Waals surface area (Å²) in [6.45, 7) is 0. The van der Waals surface area contributed by atoms with Crippen LogP contribution in [0.5, 0.6) is 5.75 Å². The Kier molecular flexibility index (Phi) is 3.10. The van der Waals surface area contributed by atoms with Crippen molar-refractivity contribution < 1.29 is 5.11 Å². The number of benzene rings is 2. The van der Waals surface area contributed by atoms with Crippen LogP contribution in [0.1, 0.15) is 16.7 Å². The first-order chi connectivity index (χ1) is 8.31. The van der Waals surface area contributed by atoms with Gasteiger partial charge >= 0.3 is 0 Å². The van der Waals surface area contributed by atoms with Gasteiger partial charge in [-0.2, -0.15) is 5.26 Å². The number of hydrogen-bond acceptors (Lipinski definition) is 2. The fraction of sp³-hybridized carbons (Fsp3) is 0. The van der Waals surface area contributed by atoms with Gasteiger partial charge in [0.2, 0.25) is 0 Å². The lowest BCUT2D eigenvalue weighted by Crippen LogP contribution is -1.82. The molecule has 0 radical (unpaired) electrons. The van der Waals surface area contributed by atoms with Crippen LogP contribution in [0.25, 0.3) is 0 Å². The molecule has 17 heavy (non-hydrogen) atoms. The second kappa shape index (κ2) is 4.88. The molecule has 0 aliphatic carbocycles. The van der Waals surface area contributed by atoms with Crippen LogP contribution in [0, 0.1) is 23.2 Å². The van der Waals surface area contributed by atoms with E-state index in [0.29, 0.717) is 16.7 Å². The summed E-state index contributed by atoms with van der Waals surface area (Å²) >= 11 is 0. The fourth-order valence-electron chi connectivity index (χ4n) is 1.40. The Bertz CT molecular complexity index is 642. The van der Waals surface area contributed by atoms with Crippen LogP contribution in [0.2, 0.25) is 0 Å². The highest BCUT2D eigenvalue weighted by atomic mass is 16.3. The summed E-state index contributed by atoms with van der Waals surface area (Å²) < 4.78 is 0. The zero-order valence-electron chi connectivity index (χ0n) is 9.01. The van der Waals surface area contributed by atoms with E-state index in [1.165, 1.54) is 0 Å². The van der Waals surface area contributed by atoms with E-state index in [4.69, 9.17) is 5.26 Å². The average molecular weight is 219 g/mol. The monoisotopic (exact) mass is 219 g/mol. The highest BCUT2D eigenvalue weighted by molar-refractivity contribution is 5.53. The van der Waals surface area contributed by atoms with Crippen LogP contribution >= 0.6 is 0 Å². The third kappa shape index (κ3) is 2.45. The number of rotatable bonds is 0. The number of aromatic hydroxyl groups is 1. The van der Waals surface area contributed by atoms with Gasteiger partial charge in [0.15, 0.2) is 0 Å². The van der Waals surface area contributed by atoms with Crippen molar-refractivity contribution in [3.63, 3.8) is 0 Å². The lowest BCUT2D eigenvalue weighted by atomic mass is 10.1. The average Bonchev–Trinajstić information content (AvgIpc) is 2.38. The predicted molar refractivity (Wildman–Crippen MR) is 65.2 cm³/mol. The summed E-state index contributed by atoms with van der Waals surface area (Å²) in [5.41, 5.74) is 1.76. The molecule has 2 heteroatoms. The molecule has 0 heterocycles. The van der Waals surface area contributed by atoms with E-state index in [1.807, 2.05) is 6.07 Å². The third-order valence-electron chi connectivity index (χ3n) is 2.28. The van der Waals surface area contributed by atoms with E-state index in [2.05, 4.69) is 17.9 Å². The zero-order valence-corrected chi connectivity index (χ0v) is 9.01. The van der Waals surface area contributed by atoms with E-state index >= 15 is 0 Å². The highest BCUT2D eigenvalue weighted by Gasteiger charge is 1.97. The molecule has 0 atom stereocenters. The summed E-state index contributed by atoms with van der Waals surface area (Å²) in [5, 5.41) is 18.5. The number of phenols is 1. The Morgan fingerprint density at radius 3 is 1.94 bits per heavy atom. The van der Waals surface area contributed by atoms with Crippen molar-refractivity contribution in [3.05, 3.63) is 65.2 Å². The Labute approximate surface area is 99.8 Å². The molecular formula is C15H9NO. The number of phenolic OH excluding ortho intramolecular Hbond substituents is 1. The van der Waals surface area contributed by atoms with Gasteiger partial charge in [0.1, 0.15) is 11.8 Å². The molecule has 0 spiro atoms. The van der Waals surface area contributed by atoms with Gasteiger partial charge in [-0.05, 0) is 24.3 Å². The Balaban J connectivity index is 2.41. The predicted octanol–water partition coefficient (Wildman–Crippen LogP) is 2.66. The molecule has 2 nitrogen and oxygen atoms in total. The first-order valence-electron chi connectivity index (χ1n) is 5.10. The number of nitriles is 1. The minimum Gasteiger partial charge on any atom is -0.507 e. The smallest absolute Gasteiger partial charge is 0.131 e. The molecule has 0 aliphatic heterocycles. The molecule has 0 fully saturated rings. The van der Waals surface area contributed by atoms with Gasteiger partial charge in [-0.25, -0.2) is 0 Å². The van der Waals surface area contributed by atoms with Crippen molar-refractivity contribution in [1.82, 2.24) is 0 Å². The van der Waals surface area contributed by atoms with Gasteiger partial charge in [-0.3, -0.25) is 0 Å². The molecule has 2 aromatic carbocycles. The largest absolute Gasteiger partial charge is 0.507 e. The maximum Gasteiger partial charge on any atom is 0.131 e. The normalized spacial score (nSPS) is 8.88. The molecule has 0 bridgehead atoms. The number of nitrogens with zero attached hydrogens (tertiary/aromatic N) is 1. The van der Waals surface area contributed by atoms with Crippen molar-refractivity contribution in [2.24, 2.45) is 0 Å². The van der Waals surface area contributed by atoms with Crippen molar-refractivity contribution in [2.75, 3.05) is 0 Å².